The fraction of sp³-hybridized carbons (Fsp3) is 0.0909. The van der Waals surface area contributed by atoms with E-state index in [2.05, 4.69) is 5.43 Å². The molecular weight excluding hydrogens is 392 g/mol. The van der Waals surface area contributed by atoms with Crippen molar-refractivity contribution in [3.8, 4) is 0 Å². The van der Waals surface area contributed by atoms with Gasteiger partial charge in [-0.3, -0.25) is 0 Å². The largest absolute Gasteiger partial charge is 0.304 e. The van der Waals surface area contributed by atoms with Gasteiger partial charge in [-0.25, -0.2) is 8.42 Å². The van der Waals surface area contributed by atoms with E-state index in [1.165, 1.54) is 4.41 Å². The van der Waals surface area contributed by atoms with Crippen molar-refractivity contribution >= 4 is 27.3 Å². The maximum Gasteiger partial charge on any atom is 0.260 e. The van der Waals surface area contributed by atoms with Crippen molar-refractivity contribution in [1.82, 2.24) is 9.84 Å². The Balaban J connectivity index is 1.81. The van der Waals surface area contributed by atoms with E-state index in [1.54, 1.807) is 36.4 Å². The predicted molar refractivity (Wildman–Crippen MR) is 112 cm³/mol. The molecule has 3 aromatic carbocycles. The van der Waals surface area contributed by atoms with Crippen LogP contribution in [0.4, 0.5) is 0 Å². The fourth-order valence-corrected chi connectivity index (χ4v) is 4.86. The summed E-state index contributed by atoms with van der Waals surface area (Å²) in [5.41, 5.74) is 6.58. The fourth-order valence-electron chi connectivity index (χ4n) is 3.19. The number of hydrazine groups is 1. The van der Waals surface area contributed by atoms with Gasteiger partial charge in [-0.1, -0.05) is 77.8 Å². The molecule has 0 spiro atoms. The summed E-state index contributed by atoms with van der Waals surface area (Å²) in [5, 5.41) is 0.518. The van der Waals surface area contributed by atoms with Gasteiger partial charge in [0.1, 0.15) is 0 Å². The lowest BCUT2D eigenvalue weighted by molar-refractivity contribution is 0.348. The Hall–Kier alpha value is -2.60. The summed E-state index contributed by atoms with van der Waals surface area (Å²) in [5.74, 6) is 0. The second-order valence-corrected chi connectivity index (χ2v) is 8.86. The Labute approximate surface area is 170 Å². The van der Waals surface area contributed by atoms with Crippen molar-refractivity contribution in [2.45, 2.75) is 17.9 Å². The minimum absolute atomic E-state index is 0.220. The van der Waals surface area contributed by atoms with Gasteiger partial charge in [0.15, 0.2) is 0 Å². The average molecular weight is 411 g/mol. The SMILES string of the molecule is Cc1ccc(C2=C[C@@H](c3ccccc3Cl)N(S(=O)(=O)c3ccccc3)N2)cc1. The number of hydrogen-bond donors (Lipinski definition) is 1. The predicted octanol–water partition coefficient (Wildman–Crippen LogP) is 4.94. The summed E-state index contributed by atoms with van der Waals surface area (Å²) in [6.07, 6.45) is 1.90. The van der Waals surface area contributed by atoms with Gasteiger partial charge < -0.3 is 5.43 Å². The first-order valence-corrected chi connectivity index (χ1v) is 10.7. The van der Waals surface area contributed by atoms with Crippen LogP contribution < -0.4 is 5.43 Å². The molecular formula is C22H19ClN2O2S. The van der Waals surface area contributed by atoms with E-state index in [-0.39, 0.29) is 4.90 Å². The molecule has 28 heavy (non-hydrogen) atoms. The lowest BCUT2D eigenvalue weighted by Gasteiger charge is -2.25. The first-order chi connectivity index (χ1) is 13.5. The van der Waals surface area contributed by atoms with E-state index in [0.717, 1.165) is 22.4 Å². The molecule has 1 heterocycles. The quantitative estimate of drug-likeness (QED) is 0.662. The molecule has 1 aliphatic heterocycles. The highest BCUT2D eigenvalue weighted by molar-refractivity contribution is 7.89. The summed E-state index contributed by atoms with van der Waals surface area (Å²) in [4.78, 5) is 0.220. The molecule has 0 unspecified atom stereocenters. The second kappa shape index (κ2) is 7.43. The highest BCUT2D eigenvalue weighted by Gasteiger charge is 2.37. The lowest BCUT2D eigenvalue weighted by atomic mass is 10.0. The van der Waals surface area contributed by atoms with Crippen LogP contribution in [0.25, 0.3) is 5.70 Å². The van der Waals surface area contributed by atoms with Crippen molar-refractivity contribution < 1.29 is 8.42 Å². The summed E-state index contributed by atoms with van der Waals surface area (Å²) in [6, 6.07) is 23.0. The Morgan fingerprint density at radius 2 is 1.54 bits per heavy atom. The zero-order valence-electron chi connectivity index (χ0n) is 15.2. The summed E-state index contributed by atoms with van der Waals surface area (Å²) < 4.78 is 28.0. The number of halogens is 1. The molecule has 1 N–H and O–H groups in total. The molecule has 0 saturated heterocycles. The monoisotopic (exact) mass is 410 g/mol. The van der Waals surface area contributed by atoms with Crippen LogP contribution in [0.1, 0.15) is 22.7 Å². The maximum atomic E-state index is 13.3. The van der Waals surface area contributed by atoms with Gasteiger partial charge in [-0.05, 0) is 42.3 Å². The van der Waals surface area contributed by atoms with Gasteiger partial charge in [0.05, 0.1) is 16.6 Å². The molecule has 142 valence electrons. The molecule has 0 aliphatic carbocycles. The van der Waals surface area contributed by atoms with Gasteiger partial charge in [-0.15, -0.1) is 4.41 Å². The van der Waals surface area contributed by atoms with Crippen LogP contribution in [0.15, 0.2) is 89.8 Å². The molecule has 1 aliphatic rings. The molecule has 6 heteroatoms. The number of nitrogens with zero attached hydrogens (tertiary/aromatic N) is 1. The lowest BCUT2D eigenvalue weighted by Crippen LogP contribution is -2.39. The number of benzene rings is 3. The van der Waals surface area contributed by atoms with E-state index >= 15 is 0 Å². The van der Waals surface area contributed by atoms with Crippen LogP contribution in [-0.4, -0.2) is 12.8 Å². The molecule has 0 amide bonds. The Morgan fingerprint density at radius 3 is 2.21 bits per heavy atom. The molecule has 4 rings (SSSR count). The van der Waals surface area contributed by atoms with Crippen LogP contribution in [0.2, 0.25) is 5.02 Å². The molecule has 3 aromatic rings. The van der Waals surface area contributed by atoms with Crippen molar-refractivity contribution in [3.05, 3.63) is 107 Å². The van der Waals surface area contributed by atoms with E-state index in [4.69, 9.17) is 11.6 Å². The van der Waals surface area contributed by atoms with Gasteiger partial charge in [0.2, 0.25) is 0 Å². The van der Waals surface area contributed by atoms with E-state index < -0.39 is 16.1 Å². The topological polar surface area (TPSA) is 49.4 Å². The minimum Gasteiger partial charge on any atom is -0.304 e. The molecule has 0 radical (unpaired) electrons. The number of nitrogens with one attached hydrogen (secondary N) is 1. The molecule has 0 saturated carbocycles. The number of sulfonamides is 1. The number of aryl methyl sites for hydroxylation is 1. The van der Waals surface area contributed by atoms with E-state index in [0.29, 0.717) is 5.02 Å². The van der Waals surface area contributed by atoms with Crippen LogP contribution in [0.3, 0.4) is 0 Å². The summed E-state index contributed by atoms with van der Waals surface area (Å²) in [7, 11) is -3.79. The highest BCUT2D eigenvalue weighted by Crippen LogP contribution is 2.37. The Kier molecular flexibility index (Phi) is 4.98. The second-order valence-electron chi connectivity index (χ2n) is 6.64. The van der Waals surface area contributed by atoms with Gasteiger partial charge in [0.25, 0.3) is 10.0 Å². The van der Waals surface area contributed by atoms with Crippen molar-refractivity contribution in [3.63, 3.8) is 0 Å². The molecule has 0 fully saturated rings. The van der Waals surface area contributed by atoms with Crippen molar-refractivity contribution in [2.75, 3.05) is 0 Å². The highest BCUT2D eigenvalue weighted by atomic mass is 35.5. The van der Waals surface area contributed by atoms with Gasteiger partial charge in [-0.2, -0.15) is 0 Å². The minimum atomic E-state index is -3.79. The third kappa shape index (κ3) is 3.44. The zero-order valence-corrected chi connectivity index (χ0v) is 16.8. The summed E-state index contributed by atoms with van der Waals surface area (Å²) >= 11 is 6.40. The number of hydrogen-bond acceptors (Lipinski definition) is 3. The molecule has 0 aromatic heterocycles. The molecule has 1 atom stereocenters. The smallest absolute Gasteiger partial charge is 0.260 e. The van der Waals surface area contributed by atoms with Crippen LogP contribution in [-0.2, 0) is 10.0 Å². The van der Waals surface area contributed by atoms with E-state index in [1.807, 2.05) is 55.5 Å². The Morgan fingerprint density at radius 1 is 0.893 bits per heavy atom. The maximum absolute atomic E-state index is 13.3. The van der Waals surface area contributed by atoms with Crippen LogP contribution in [0, 0.1) is 6.92 Å². The first-order valence-electron chi connectivity index (χ1n) is 8.86. The van der Waals surface area contributed by atoms with Crippen LogP contribution >= 0.6 is 11.6 Å². The number of rotatable bonds is 4. The third-order valence-corrected chi connectivity index (χ3v) is 6.74. The van der Waals surface area contributed by atoms with Gasteiger partial charge >= 0.3 is 0 Å². The zero-order chi connectivity index (χ0) is 19.7. The average Bonchev–Trinajstić information content (AvgIpc) is 3.15. The van der Waals surface area contributed by atoms with Crippen LogP contribution in [0.5, 0.6) is 0 Å². The molecule has 0 bridgehead atoms. The van der Waals surface area contributed by atoms with Crippen molar-refractivity contribution in [1.29, 1.82) is 0 Å². The standard InChI is InChI=1S/C22H19ClN2O2S/c1-16-11-13-17(14-12-16)21-15-22(19-9-5-6-10-20(19)23)25(24-21)28(26,27)18-7-3-2-4-8-18/h2-15,22,24H,1H3/t22-/m0/s1. The first kappa shape index (κ1) is 18.7. The summed E-state index contributed by atoms with van der Waals surface area (Å²) in [6.45, 7) is 2.01. The van der Waals surface area contributed by atoms with Gasteiger partial charge in [0, 0.05) is 5.02 Å². The Bertz CT molecular complexity index is 1130. The molecule has 4 nitrogen and oxygen atoms in total. The normalized spacial score (nSPS) is 17.2. The van der Waals surface area contributed by atoms with Crippen molar-refractivity contribution in [2.24, 2.45) is 0 Å². The third-order valence-electron chi connectivity index (χ3n) is 4.69. The van der Waals surface area contributed by atoms with E-state index in [9.17, 15) is 8.42 Å².